The van der Waals surface area contributed by atoms with Gasteiger partial charge in [-0.2, -0.15) is 0 Å². The van der Waals surface area contributed by atoms with E-state index < -0.39 is 11.9 Å². The second kappa shape index (κ2) is 8.09. The van der Waals surface area contributed by atoms with Gasteiger partial charge in [0.2, 0.25) is 5.76 Å². The van der Waals surface area contributed by atoms with Gasteiger partial charge in [0.15, 0.2) is 0 Å². The normalized spacial score (nSPS) is 17.4. The van der Waals surface area contributed by atoms with E-state index in [-0.39, 0.29) is 24.2 Å². The molecule has 0 fully saturated rings. The van der Waals surface area contributed by atoms with Gasteiger partial charge < -0.3 is 14.2 Å². The summed E-state index contributed by atoms with van der Waals surface area (Å²) >= 11 is 0. The molecule has 21 heavy (non-hydrogen) atoms. The molecule has 1 heterocycles. The van der Waals surface area contributed by atoms with Crippen molar-refractivity contribution in [3.8, 4) is 0 Å². The molecule has 1 rings (SSSR count). The number of carbonyl (C=O) groups excluding carboxylic acids is 2. The highest BCUT2D eigenvalue weighted by atomic mass is 16.6. The van der Waals surface area contributed by atoms with Crippen LogP contribution in [0.15, 0.2) is 48.5 Å². The first-order valence-electron chi connectivity index (χ1n) is 6.81. The van der Waals surface area contributed by atoms with E-state index in [9.17, 15) is 9.59 Å². The molecule has 0 aliphatic carbocycles. The monoisotopic (exact) mass is 292 g/mol. The molecular formula is C16H20O5. The highest BCUT2D eigenvalue weighted by molar-refractivity contribution is 5.94. The van der Waals surface area contributed by atoms with Crippen LogP contribution in [0.2, 0.25) is 0 Å². The van der Waals surface area contributed by atoms with Gasteiger partial charge in [0.05, 0.1) is 12.7 Å². The molecule has 1 aliphatic heterocycles. The quantitative estimate of drug-likeness (QED) is 0.391. The van der Waals surface area contributed by atoms with Crippen LogP contribution in [-0.2, 0) is 23.8 Å². The second-order valence-corrected chi connectivity index (χ2v) is 4.25. The summed E-state index contributed by atoms with van der Waals surface area (Å²) in [6.45, 7) is 11.1. The van der Waals surface area contributed by atoms with Crippen molar-refractivity contribution >= 4 is 11.9 Å². The van der Waals surface area contributed by atoms with E-state index in [4.69, 9.17) is 14.2 Å². The second-order valence-electron chi connectivity index (χ2n) is 4.25. The largest absolute Gasteiger partial charge is 0.479 e. The Morgan fingerprint density at radius 2 is 2.10 bits per heavy atom. The van der Waals surface area contributed by atoms with Crippen LogP contribution < -0.4 is 0 Å². The average Bonchev–Trinajstić information content (AvgIpc) is 2.73. The first-order valence-corrected chi connectivity index (χ1v) is 6.81. The standard InChI is InChI=1S/C16H20O5/c1-5-9-12-13(10-14(17)19-8-4)21-16(18)15(12)20-11(6-2)7-3/h5-6,10-11H,1-2,7-9H2,3-4H3/b13-10+. The highest BCUT2D eigenvalue weighted by Gasteiger charge is 2.32. The molecule has 0 aromatic rings. The summed E-state index contributed by atoms with van der Waals surface area (Å²) in [5.74, 6) is -0.953. The number of rotatable bonds is 8. The van der Waals surface area contributed by atoms with Gasteiger partial charge in [-0.3, -0.25) is 0 Å². The molecule has 0 saturated heterocycles. The summed E-state index contributed by atoms with van der Waals surface area (Å²) in [5.41, 5.74) is 0.489. The molecular weight excluding hydrogens is 272 g/mol. The fourth-order valence-electron chi connectivity index (χ4n) is 1.76. The lowest BCUT2D eigenvalue weighted by molar-refractivity contribution is -0.138. The Morgan fingerprint density at radius 1 is 1.38 bits per heavy atom. The lowest BCUT2D eigenvalue weighted by atomic mass is 10.1. The van der Waals surface area contributed by atoms with Gasteiger partial charge in [-0.25, -0.2) is 9.59 Å². The number of carbonyl (C=O) groups is 2. The third kappa shape index (κ3) is 4.34. The molecule has 1 aliphatic rings. The maximum Gasteiger partial charge on any atom is 0.379 e. The van der Waals surface area contributed by atoms with Gasteiger partial charge in [0, 0.05) is 5.57 Å². The van der Waals surface area contributed by atoms with E-state index in [1.54, 1.807) is 19.1 Å². The average molecular weight is 292 g/mol. The van der Waals surface area contributed by atoms with Crippen molar-refractivity contribution in [3.05, 3.63) is 48.5 Å². The molecule has 0 aromatic heterocycles. The van der Waals surface area contributed by atoms with Gasteiger partial charge in [0.1, 0.15) is 11.9 Å². The van der Waals surface area contributed by atoms with Crippen molar-refractivity contribution in [1.82, 2.24) is 0 Å². The SMILES string of the molecule is C=CCC1=C(OC(C=C)CC)C(=O)O/C1=C/C(=O)OCC. The maximum absolute atomic E-state index is 11.9. The van der Waals surface area contributed by atoms with Crippen LogP contribution in [-0.4, -0.2) is 24.6 Å². The van der Waals surface area contributed by atoms with Gasteiger partial charge in [-0.05, 0) is 19.8 Å². The van der Waals surface area contributed by atoms with Crippen LogP contribution >= 0.6 is 0 Å². The van der Waals surface area contributed by atoms with Crippen molar-refractivity contribution in [2.45, 2.75) is 32.8 Å². The van der Waals surface area contributed by atoms with E-state index in [2.05, 4.69) is 13.2 Å². The topological polar surface area (TPSA) is 61.8 Å². The molecule has 114 valence electrons. The number of ether oxygens (including phenoxy) is 3. The molecule has 5 heteroatoms. The van der Waals surface area contributed by atoms with Crippen molar-refractivity contribution in [2.24, 2.45) is 0 Å². The minimum atomic E-state index is -0.623. The number of esters is 2. The summed E-state index contributed by atoms with van der Waals surface area (Å²) in [7, 11) is 0. The van der Waals surface area contributed by atoms with Crippen molar-refractivity contribution in [3.63, 3.8) is 0 Å². The Hall–Kier alpha value is -2.30. The van der Waals surface area contributed by atoms with Crippen LogP contribution in [0.25, 0.3) is 0 Å². The zero-order valence-electron chi connectivity index (χ0n) is 12.4. The summed E-state index contributed by atoms with van der Waals surface area (Å²) in [6, 6.07) is 0. The summed E-state index contributed by atoms with van der Waals surface area (Å²) in [4.78, 5) is 23.4. The fraction of sp³-hybridized carbons (Fsp3) is 0.375. The molecule has 1 atom stereocenters. The van der Waals surface area contributed by atoms with Crippen LogP contribution in [0.1, 0.15) is 26.7 Å². The molecule has 0 radical (unpaired) electrons. The smallest absolute Gasteiger partial charge is 0.379 e. The Labute approximate surface area is 124 Å². The van der Waals surface area contributed by atoms with Crippen LogP contribution in [0.3, 0.4) is 0 Å². The Morgan fingerprint density at radius 3 is 2.62 bits per heavy atom. The van der Waals surface area contributed by atoms with E-state index in [0.29, 0.717) is 18.4 Å². The van der Waals surface area contributed by atoms with Crippen molar-refractivity contribution in [2.75, 3.05) is 6.61 Å². The summed E-state index contributed by atoms with van der Waals surface area (Å²) in [6.07, 6.45) is 5.08. The van der Waals surface area contributed by atoms with E-state index in [0.717, 1.165) is 6.08 Å². The number of cyclic esters (lactones) is 1. The van der Waals surface area contributed by atoms with Crippen molar-refractivity contribution in [1.29, 1.82) is 0 Å². The van der Waals surface area contributed by atoms with Gasteiger partial charge >= 0.3 is 11.9 Å². The molecule has 0 amide bonds. The van der Waals surface area contributed by atoms with E-state index >= 15 is 0 Å². The van der Waals surface area contributed by atoms with Gasteiger partial charge in [-0.1, -0.05) is 25.7 Å². The third-order valence-corrected chi connectivity index (χ3v) is 2.78. The Bertz CT molecular complexity index is 499. The molecule has 0 aromatic carbocycles. The molecule has 5 nitrogen and oxygen atoms in total. The summed E-state index contributed by atoms with van der Waals surface area (Å²) in [5, 5.41) is 0. The van der Waals surface area contributed by atoms with Crippen LogP contribution in [0.4, 0.5) is 0 Å². The van der Waals surface area contributed by atoms with Gasteiger partial charge in [0.25, 0.3) is 0 Å². The van der Waals surface area contributed by atoms with Crippen LogP contribution in [0, 0.1) is 0 Å². The third-order valence-electron chi connectivity index (χ3n) is 2.78. The molecule has 1 unspecified atom stereocenters. The van der Waals surface area contributed by atoms with E-state index in [1.165, 1.54) is 0 Å². The first-order chi connectivity index (χ1) is 10.1. The number of hydrogen-bond donors (Lipinski definition) is 0. The number of hydrogen-bond acceptors (Lipinski definition) is 5. The van der Waals surface area contributed by atoms with E-state index in [1.807, 2.05) is 6.92 Å². The zero-order chi connectivity index (χ0) is 15.8. The molecule has 0 bridgehead atoms. The maximum atomic E-state index is 11.9. The predicted octanol–water partition coefficient (Wildman–Crippen LogP) is 2.80. The minimum Gasteiger partial charge on any atom is -0.479 e. The van der Waals surface area contributed by atoms with Gasteiger partial charge in [-0.15, -0.1) is 6.58 Å². The van der Waals surface area contributed by atoms with Crippen molar-refractivity contribution < 1.29 is 23.8 Å². The highest BCUT2D eigenvalue weighted by Crippen LogP contribution is 2.31. The minimum absolute atomic E-state index is 0.0946. The Kier molecular flexibility index (Phi) is 6.46. The lowest BCUT2D eigenvalue weighted by Crippen LogP contribution is -2.12. The first kappa shape index (κ1) is 16.8. The molecule has 0 saturated carbocycles. The number of allylic oxidation sites excluding steroid dienone is 2. The predicted molar refractivity (Wildman–Crippen MR) is 78.0 cm³/mol. The summed E-state index contributed by atoms with van der Waals surface area (Å²) < 4.78 is 15.5. The fourth-order valence-corrected chi connectivity index (χ4v) is 1.76. The Balaban J connectivity index is 3.10. The zero-order valence-corrected chi connectivity index (χ0v) is 12.4. The molecule has 0 spiro atoms. The molecule has 0 N–H and O–H groups in total. The van der Waals surface area contributed by atoms with Crippen LogP contribution in [0.5, 0.6) is 0 Å². The lowest BCUT2D eigenvalue weighted by Gasteiger charge is -2.12.